The van der Waals surface area contributed by atoms with Gasteiger partial charge in [0.15, 0.2) is 11.9 Å². The van der Waals surface area contributed by atoms with Crippen molar-refractivity contribution in [2.45, 2.75) is 219 Å². The Morgan fingerprint density at radius 3 is 1.15 bits per heavy atom. The van der Waals surface area contributed by atoms with E-state index in [-0.39, 0.29) is 88.2 Å². The number of aliphatic imine (C=N–C) groups is 2. The minimum absolute atomic E-state index is 0.00260. The third kappa shape index (κ3) is 36.5. The van der Waals surface area contributed by atoms with E-state index >= 15 is 0 Å². The van der Waals surface area contributed by atoms with Crippen LogP contribution in [0.2, 0.25) is 0 Å². The fraction of sp³-hybridized carbons (Fsp3) is 0.690. The number of hydrogen-bond acceptors (Lipinski definition) is 19. The van der Waals surface area contributed by atoms with Crippen molar-refractivity contribution >= 4 is 107 Å². The van der Waals surface area contributed by atoms with Gasteiger partial charge in [0.2, 0.25) is 76.8 Å². The lowest BCUT2D eigenvalue weighted by molar-refractivity contribution is -0.143. The van der Waals surface area contributed by atoms with Crippen molar-refractivity contribution in [3.05, 3.63) is 0 Å². The van der Waals surface area contributed by atoms with E-state index in [0.717, 1.165) is 6.92 Å². The highest BCUT2D eigenvalue weighted by Crippen LogP contribution is 2.13. The van der Waals surface area contributed by atoms with Gasteiger partial charge in [0, 0.05) is 25.9 Å². The second-order valence-corrected chi connectivity index (χ2v) is 24.1. The minimum Gasteiger partial charge on any atom is -0.481 e. The zero-order valence-electron chi connectivity index (χ0n) is 56.5. The van der Waals surface area contributed by atoms with E-state index in [4.69, 9.17) is 34.4 Å². The summed E-state index contributed by atoms with van der Waals surface area (Å²) in [6.45, 7) is 14.2. The second kappa shape index (κ2) is 44.6. The number of carboxylic acid groups (broad SMARTS) is 3. The standard InChI is InChI=1S/C58H102N20O19/c1-11-28(6)44(55(95)67-25-41(80)71-39(24-43(83)84)53(93)70-31(9)47(87)75-36(56(96)97)15-13-21-66-58(63)64)78-51(91)35(17-19-42(81)82)74-50(90)33(14-12-20-65-57(61)62)73-54(94)38(23-27(4)5)77-48(88)32(10)68-49(89)34(16-18-40(60)79)72-46(86)30(8)69-52(92)37(22-26(2)3)76-45(85)29(7)59/h26-39,44H,11-25,59H2,1-10H3,(H2,60,79)(H,67,95)(H,68,89)(H,69,92)(H,70,93)(H,71,80)(H,72,86)(H,73,94)(H,74,90)(H,75,87)(H,76,85)(H,77,88)(H,78,91)(H,81,82)(H,83,84)(H,96,97)(H4,61,62,65)(H4,63,64,66)/t28-,29-,30-,31-,32-,33-,34-,35-,36-,37-,38-,39-,44-/m0/s1. The second-order valence-electron chi connectivity index (χ2n) is 24.1. The predicted molar refractivity (Wildman–Crippen MR) is 348 cm³/mol. The Labute approximate surface area is 561 Å². The molecule has 0 spiro atoms. The first kappa shape index (κ1) is 87.0. The molecule has 0 rings (SSSR count). The van der Waals surface area contributed by atoms with Crippen LogP contribution in [0.4, 0.5) is 0 Å². The lowest BCUT2D eigenvalue weighted by Crippen LogP contribution is -2.60. The van der Waals surface area contributed by atoms with Gasteiger partial charge in [0.1, 0.15) is 66.5 Å². The fourth-order valence-corrected chi connectivity index (χ4v) is 8.77. The van der Waals surface area contributed by atoms with Crippen LogP contribution < -0.4 is 98.2 Å². The Balaban J connectivity index is 6.65. The Hall–Kier alpha value is -9.98. The van der Waals surface area contributed by atoms with Crippen LogP contribution in [-0.4, -0.2) is 214 Å². The maximum Gasteiger partial charge on any atom is 0.326 e. The van der Waals surface area contributed by atoms with E-state index in [9.17, 15) is 92.0 Å². The Morgan fingerprint density at radius 2 is 0.753 bits per heavy atom. The van der Waals surface area contributed by atoms with Crippen molar-refractivity contribution in [1.82, 2.24) is 63.8 Å². The number of carboxylic acids is 3. The summed E-state index contributed by atoms with van der Waals surface area (Å²) in [5.41, 5.74) is 32.6. The van der Waals surface area contributed by atoms with Gasteiger partial charge in [-0.15, -0.1) is 0 Å². The van der Waals surface area contributed by atoms with Gasteiger partial charge in [0.25, 0.3) is 0 Å². The van der Waals surface area contributed by atoms with Crippen molar-refractivity contribution in [3.63, 3.8) is 0 Å². The summed E-state index contributed by atoms with van der Waals surface area (Å²) in [4.78, 5) is 217. The number of guanidine groups is 2. The summed E-state index contributed by atoms with van der Waals surface area (Å²) in [6, 6.07) is -17.4. The first-order valence-electron chi connectivity index (χ1n) is 31.5. The lowest BCUT2D eigenvalue weighted by Gasteiger charge is -2.28. The van der Waals surface area contributed by atoms with Gasteiger partial charge in [-0.2, -0.15) is 0 Å². The molecular weight excluding hydrogens is 1280 g/mol. The normalized spacial score (nSPS) is 15.0. The molecule has 0 saturated carbocycles. The zero-order chi connectivity index (χ0) is 74.6. The van der Waals surface area contributed by atoms with Gasteiger partial charge in [-0.3, -0.25) is 81.9 Å². The van der Waals surface area contributed by atoms with E-state index in [0.29, 0.717) is 0 Å². The van der Waals surface area contributed by atoms with Crippen molar-refractivity contribution in [2.75, 3.05) is 19.6 Å². The molecule has 0 saturated heterocycles. The minimum atomic E-state index is -1.86. The zero-order valence-corrected chi connectivity index (χ0v) is 56.5. The lowest BCUT2D eigenvalue weighted by atomic mass is 9.97. The molecule has 548 valence electrons. The first-order chi connectivity index (χ1) is 45.1. The van der Waals surface area contributed by atoms with Crippen molar-refractivity contribution in [1.29, 1.82) is 0 Å². The number of nitrogens with two attached hydrogens (primary N) is 6. The maximum absolute atomic E-state index is 14.3. The quantitative estimate of drug-likeness (QED) is 0.0153. The molecule has 97 heavy (non-hydrogen) atoms. The molecule has 0 fully saturated rings. The van der Waals surface area contributed by atoms with Crippen LogP contribution in [0.1, 0.15) is 146 Å². The predicted octanol–water partition coefficient (Wildman–Crippen LogP) is -7.22. The number of amides is 13. The van der Waals surface area contributed by atoms with E-state index in [1.54, 1.807) is 34.6 Å². The number of nitrogens with zero attached hydrogens (tertiary/aromatic N) is 2. The van der Waals surface area contributed by atoms with Crippen molar-refractivity contribution in [3.8, 4) is 0 Å². The van der Waals surface area contributed by atoms with E-state index < -0.39 is 205 Å². The third-order valence-electron chi connectivity index (χ3n) is 14.3. The van der Waals surface area contributed by atoms with Crippen LogP contribution >= 0.6 is 0 Å². The van der Waals surface area contributed by atoms with Crippen LogP contribution in [0.25, 0.3) is 0 Å². The number of carbonyl (C=O) groups excluding carboxylic acids is 13. The molecular formula is C58H102N20O19. The number of carbonyl (C=O) groups is 16. The summed E-state index contributed by atoms with van der Waals surface area (Å²) < 4.78 is 0. The largest absolute Gasteiger partial charge is 0.481 e. The summed E-state index contributed by atoms with van der Waals surface area (Å²) in [7, 11) is 0. The van der Waals surface area contributed by atoms with E-state index in [1.165, 1.54) is 27.7 Å². The van der Waals surface area contributed by atoms with Gasteiger partial charge in [-0.05, 0) is 96.8 Å². The highest BCUT2D eigenvalue weighted by Gasteiger charge is 2.36. The SMILES string of the molecule is CC[C@H](C)[C@H](NC(=O)[C@H](CCC(=O)O)NC(=O)[C@H](CCCN=C(N)N)NC(=O)[C@H](CC(C)C)NC(=O)[C@H](C)NC(=O)[C@H](CCC(N)=O)NC(=O)[C@H](C)NC(=O)[C@H](CC(C)C)NC(=O)[C@H](C)N)C(=O)NCC(=O)N[C@@H](CC(=O)O)C(=O)N[C@@H](C)C(=O)N[C@@H](CCCN=C(N)N)C(=O)O. The van der Waals surface area contributed by atoms with E-state index in [2.05, 4.69) is 73.8 Å². The summed E-state index contributed by atoms with van der Waals surface area (Å²) in [5.74, 6) is -18.7. The Kier molecular flexibility index (Phi) is 40.0. The molecule has 39 heteroatoms. The topological polar surface area (TPSA) is 659 Å². The van der Waals surface area contributed by atoms with E-state index in [1.807, 2.05) is 0 Å². The van der Waals surface area contributed by atoms with Gasteiger partial charge >= 0.3 is 17.9 Å². The Morgan fingerprint density at radius 1 is 0.392 bits per heavy atom. The molecule has 0 aliphatic rings. The summed E-state index contributed by atoms with van der Waals surface area (Å²) in [5, 5.41) is 57.5. The third-order valence-corrected chi connectivity index (χ3v) is 14.3. The van der Waals surface area contributed by atoms with Crippen LogP contribution in [0.15, 0.2) is 9.98 Å². The molecule has 0 aromatic carbocycles. The van der Waals surface area contributed by atoms with Crippen molar-refractivity contribution in [2.24, 2.45) is 62.1 Å². The molecule has 13 atom stereocenters. The average Bonchev–Trinajstić information content (AvgIpc) is 1.33. The number of aliphatic carboxylic acids is 3. The highest BCUT2D eigenvalue weighted by molar-refractivity contribution is 6.00. The maximum atomic E-state index is 14.3. The molecule has 0 bridgehead atoms. The van der Waals surface area contributed by atoms with Crippen molar-refractivity contribution < 1.29 is 92.0 Å². The fourth-order valence-electron chi connectivity index (χ4n) is 8.77. The summed E-state index contributed by atoms with van der Waals surface area (Å²) >= 11 is 0. The monoisotopic (exact) mass is 1380 g/mol. The number of nitrogens with one attached hydrogen (secondary N) is 12. The first-order valence-corrected chi connectivity index (χ1v) is 31.5. The van der Waals surface area contributed by atoms with Gasteiger partial charge < -0.3 is 114 Å². The number of primary amides is 1. The van der Waals surface area contributed by atoms with Crippen LogP contribution in [0.5, 0.6) is 0 Å². The molecule has 0 radical (unpaired) electrons. The molecule has 0 aromatic rings. The smallest absolute Gasteiger partial charge is 0.326 e. The van der Waals surface area contributed by atoms with Gasteiger partial charge in [-0.25, -0.2) is 4.79 Å². The molecule has 13 amide bonds. The average molecular weight is 1380 g/mol. The Bertz CT molecular complexity index is 2810. The molecule has 0 aliphatic heterocycles. The molecule has 0 aromatic heterocycles. The molecule has 0 aliphatic carbocycles. The van der Waals surface area contributed by atoms with Crippen LogP contribution in [-0.2, 0) is 76.7 Å². The number of rotatable bonds is 47. The molecule has 27 N–H and O–H groups in total. The van der Waals surface area contributed by atoms with Gasteiger partial charge in [0.05, 0.1) is 19.0 Å². The molecule has 0 heterocycles. The summed E-state index contributed by atoms with van der Waals surface area (Å²) in [6.07, 6.45) is -3.11. The molecule has 0 unspecified atom stereocenters. The molecule has 39 nitrogen and oxygen atoms in total. The number of hydrogen-bond donors (Lipinski definition) is 21. The highest BCUT2D eigenvalue weighted by atomic mass is 16.4. The van der Waals surface area contributed by atoms with Crippen LogP contribution in [0.3, 0.4) is 0 Å². The van der Waals surface area contributed by atoms with Crippen LogP contribution in [0, 0.1) is 17.8 Å². The van der Waals surface area contributed by atoms with Gasteiger partial charge in [-0.1, -0.05) is 48.0 Å².